The lowest BCUT2D eigenvalue weighted by Crippen LogP contribution is -2.69. The van der Waals surface area contributed by atoms with E-state index in [1.54, 1.807) is 26.8 Å². The van der Waals surface area contributed by atoms with E-state index in [1.165, 1.54) is 18.7 Å². The van der Waals surface area contributed by atoms with E-state index < -0.39 is 48.7 Å². The van der Waals surface area contributed by atoms with Gasteiger partial charge in [-0.15, -0.1) is 0 Å². The first-order valence-electron chi connectivity index (χ1n) is 13.5. The zero-order valence-corrected chi connectivity index (χ0v) is 22.9. The number of nitrogens with zero attached hydrogens (tertiary/aromatic N) is 2. The van der Waals surface area contributed by atoms with Crippen molar-refractivity contribution in [3.05, 3.63) is 23.9 Å². The van der Waals surface area contributed by atoms with Crippen LogP contribution in [0.5, 0.6) is 0 Å². The van der Waals surface area contributed by atoms with Crippen LogP contribution in [0.1, 0.15) is 65.4 Å². The van der Waals surface area contributed by atoms with E-state index in [-0.39, 0.29) is 30.8 Å². The van der Waals surface area contributed by atoms with Gasteiger partial charge in [-0.1, -0.05) is 33.1 Å². The summed E-state index contributed by atoms with van der Waals surface area (Å²) < 4.78 is 14.8. The van der Waals surface area contributed by atoms with Gasteiger partial charge in [0.1, 0.15) is 5.82 Å². The molecule has 3 rings (SSSR count). The highest BCUT2D eigenvalue weighted by Gasteiger charge is 2.55. The molecule has 0 aromatic carbocycles. The van der Waals surface area contributed by atoms with Gasteiger partial charge in [0, 0.05) is 12.2 Å². The average Bonchev–Trinajstić information content (AvgIpc) is 2.90. The van der Waals surface area contributed by atoms with Gasteiger partial charge in [0.25, 0.3) is 0 Å². The van der Waals surface area contributed by atoms with E-state index >= 15 is 0 Å². The van der Waals surface area contributed by atoms with Crippen molar-refractivity contribution in [3.63, 3.8) is 0 Å². The number of pyridine rings is 1. The molecule has 12 heteroatoms. The van der Waals surface area contributed by atoms with Gasteiger partial charge in [0.15, 0.2) is 6.04 Å². The minimum atomic E-state index is -1.05. The Morgan fingerprint density at radius 2 is 1.79 bits per heavy atom. The number of β-lactam (4-membered cyclic amide) rings is 1. The lowest BCUT2D eigenvalue weighted by Gasteiger charge is -2.44. The molecule has 0 spiro atoms. The summed E-state index contributed by atoms with van der Waals surface area (Å²) in [7, 11) is 0. The van der Waals surface area contributed by atoms with E-state index in [4.69, 9.17) is 14.2 Å². The molecular weight excluding hydrogens is 508 g/mol. The van der Waals surface area contributed by atoms with Crippen molar-refractivity contribution < 1.29 is 38.2 Å². The fraction of sp³-hybridized carbons (Fsp3) is 0.630. The van der Waals surface area contributed by atoms with E-state index in [2.05, 4.69) is 15.6 Å². The lowest BCUT2D eigenvalue weighted by atomic mass is 9.82. The minimum absolute atomic E-state index is 0.113. The number of hydrogen-bond acceptors (Lipinski definition) is 9. The van der Waals surface area contributed by atoms with Gasteiger partial charge < -0.3 is 19.5 Å². The predicted molar refractivity (Wildman–Crippen MR) is 139 cm³/mol. The SMILES string of the molecule is CCOC(=O)C1[C@@H](Cc2ccnc(NC(=O)OCOC(=O)C(C)C)c2)C(=O)N1C(=O)NC(C)C1CCCCC1. The van der Waals surface area contributed by atoms with Crippen LogP contribution in [0, 0.1) is 17.8 Å². The molecule has 214 valence electrons. The summed E-state index contributed by atoms with van der Waals surface area (Å²) in [4.78, 5) is 67.4. The number of anilines is 1. The van der Waals surface area contributed by atoms with Crippen LogP contribution in [-0.2, 0) is 35.0 Å². The number of esters is 2. The summed E-state index contributed by atoms with van der Waals surface area (Å²) in [5.74, 6) is -2.30. The molecule has 39 heavy (non-hydrogen) atoms. The van der Waals surface area contributed by atoms with Gasteiger partial charge in [0.05, 0.1) is 18.4 Å². The molecule has 0 bridgehead atoms. The van der Waals surface area contributed by atoms with Gasteiger partial charge in [-0.05, 0) is 56.7 Å². The van der Waals surface area contributed by atoms with E-state index in [9.17, 15) is 24.0 Å². The molecule has 1 saturated carbocycles. The number of carbonyl (C=O) groups excluding carboxylic acids is 5. The Hall–Kier alpha value is -3.70. The Morgan fingerprint density at radius 3 is 2.46 bits per heavy atom. The maximum absolute atomic E-state index is 13.1. The Balaban J connectivity index is 1.62. The molecule has 0 radical (unpaired) electrons. The quantitative estimate of drug-likeness (QED) is 0.255. The number of imide groups is 1. The van der Waals surface area contributed by atoms with E-state index in [0.29, 0.717) is 11.5 Å². The standard InChI is InChI=1S/C27H38N4O8/c1-5-37-25(34)22-20(23(32)31(22)26(35)29-17(4)19-9-7-6-8-10-19)13-18-11-12-28-21(14-18)30-27(36)39-15-38-24(33)16(2)3/h11-12,14,16-17,19-20,22H,5-10,13,15H2,1-4H3,(H,29,35)(H,28,30,36)/t17?,20-,22?/m1/s1. The molecule has 4 amide bonds. The third-order valence-electron chi connectivity index (χ3n) is 7.04. The fourth-order valence-electron chi connectivity index (χ4n) is 4.86. The number of hydrogen-bond donors (Lipinski definition) is 2. The van der Waals surface area contributed by atoms with Crippen molar-refractivity contribution in [1.82, 2.24) is 15.2 Å². The largest absolute Gasteiger partial charge is 0.464 e. The normalized spacial score (nSPS) is 20.0. The summed E-state index contributed by atoms with van der Waals surface area (Å²) >= 11 is 0. The first-order chi connectivity index (χ1) is 18.6. The van der Waals surface area contributed by atoms with E-state index in [0.717, 1.165) is 30.6 Å². The van der Waals surface area contributed by atoms with Gasteiger partial charge in [0.2, 0.25) is 12.7 Å². The third kappa shape index (κ3) is 7.90. The van der Waals surface area contributed by atoms with Crippen LogP contribution in [0.2, 0.25) is 0 Å². The highest BCUT2D eigenvalue weighted by molar-refractivity contribution is 6.08. The topological polar surface area (TPSA) is 153 Å². The number of rotatable bonds is 10. The van der Waals surface area contributed by atoms with Crippen molar-refractivity contribution in [2.75, 3.05) is 18.7 Å². The fourth-order valence-corrected chi connectivity index (χ4v) is 4.86. The molecule has 1 aliphatic heterocycles. The van der Waals surface area contributed by atoms with Crippen molar-refractivity contribution in [3.8, 4) is 0 Å². The molecule has 2 N–H and O–H groups in total. The van der Waals surface area contributed by atoms with Gasteiger partial charge in [-0.2, -0.15) is 0 Å². The predicted octanol–water partition coefficient (Wildman–Crippen LogP) is 3.40. The molecule has 2 heterocycles. The number of carbonyl (C=O) groups is 5. The molecule has 1 aromatic heterocycles. The first kappa shape index (κ1) is 29.9. The van der Waals surface area contributed by atoms with Gasteiger partial charge >= 0.3 is 24.1 Å². The summed E-state index contributed by atoms with van der Waals surface area (Å²) in [6, 6.07) is 1.41. The summed E-state index contributed by atoms with van der Waals surface area (Å²) in [6.45, 7) is 6.47. The number of likely N-dealkylation sites (tertiary alicyclic amines) is 1. The number of ether oxygens (including phenoxy) is 3. The van der Waals surface area contributed by atoms with Crippen LogP contribution in [0.25, 0.3) is 0 Å². The summed E-state index contributed by atoms with van der Waals surface area (Å²) in [6.07, 6.45) is 6.15. The second kappa shape index (κ2) is 13.9. The van der Waals surface area contributed by atoms with Crippen LogP contribution in [-0.4, -0.2) is 65.3 Å². The van der Waals surface area contributed by atoms with Crippen LogP contribution in [0.4, 0.5) is 15.4 Å². The number of amides is 4. The second-order valence-electron chi connectivity index (χ2n) is 10.2. The molecule has 2 aliphatic rings. The number of nitrogens with one attached hydrogen (secondary N) is 2. The molecule has 2 unspecified atom stereocenters. The second-order valence-corrected chi connectivity index (χ2v) is 10.2. The Bertz CT molecular complexity index is 1060. The Morgan fingerprint density at radius 1 is 1.08 bits per heavy atom. The molecule has 1 saturated heterocycles. The third-order valence-corrected chi connectivity index (χ3v) is 7.04. The molecule has 12 nitrogen and oxygen atoms in total. The average molecular weight is 547 g/mol. The zero-order valence-electron chi connectivity index (χ0n) is 22.9. The molecule has 1 aromatic rings. The van der Waals surface area contributed by atoms with Crippen LogP contribution in [0.15, 0.2) is 18.3 Å². The number of aromatic nitrogens is 1. The van der Waals surface area contributed by atoms with E-state index in [1.807, 2.05) is 6.92 Å². The highest BCUT2D eigenvalue weighted by Crippen LogP contribution is 2.32. The Labute approximate surface area is 228 Å². The van der Waals surface area contributed by atoms with Crippen molar-refractivity contribution in [1.29, 1.82) is 0 Å². The lowest BCUT2D eigenvalue weighted by molar-refractivity contribution is -0.169. The van der Waals surface area contributed by atoms with Crippen LogP contribution in [0.3, 0.4) is 0 Å². The Kier molecular flexibility index (Phi) is 10.6. The van der Waals surface area contributed by atoms with Crippen LogP contribution < -0.4 is 10.6 Å². The number of urea groups is 1. The molecular formula is C27H38N4O8. The maximum Gasteiger partial charge on any atom is 0.415 e. The summed E-state index contributed by atoms with van der Waals surface area (Å²) in [5, 5.41) is 5.33. The van der Waals surface area contributed by atoms with Crippen molar-refractivity contribution >= 4 is 35.8 Å². The van der Waals surface area contributed by atoms with Crippen molar-refractivity contribution in [2.24, 2.45) is 17.8 Å². The highest BCUT2D eigenvalue weighted by atomic mass is 16.7. The molecule has 2 fully saturated rings. The van der Waals surface area contributed by atoms with Gasteiger partial charge in [-0.25, -0.2) is 24.3 Å². The van der Waals surface area contributed by atoms with Crippen molar-refractivity contribution in [2.45, 2.75) is 78.3 Å². The monoisotopic (exact) mass is 546 g/mol. The smallest absolute Gasteiger partial charge is 0.415 e. The van der Waals surface area contributed by atoms with Crippen LogP contribution >= 0.6 is 0 Å². The van der Waals surface area contributed by atoms with Gasteiger partial charge in [-0.3, -0.25) is 14.9 Å². The first-order valence-corrected chi connectivity index (χ1v) is 13.5. The molecule has 3 atom stereocenters. The maximum atomic E-state index is 13.1. The minimum Gasteiger partial charge on any atom is -0.464 e. The zero-order chi connectivity index (χ0) is 28.5. The summed E-state index contributed by atoms with van der Waals surface area (Å²) in [5.41, 5.74) is 0.606. The molecule has 1 aliphatic carbocycles.